The summed E-state index contributed by atoms with van der Waals surface area (Å²) in [5.74, 6) is -0.166. The van der Waals surface area contributed by atoms with Gasteiger partial charge in [-0.15, -0.1) is 0 Å². The van der Waals surface area contributed by atoms with Crippen molar-refractivity contribution in [2.24, 2.45) is 0 Å². The minimum Gasteiger partial charge on any atom is -0.337 e. The Labute approximate surface area is 116 Å². The summed E-state index contributed by atoms with van der Waals surface area (Å²) < 4.78 is 14.9. The van der Waals surface area contributed by atoms with E-state index in [2.05, 4.69) is 5.10 Å². The lowest BCUT2D eigenvalue weighted by Gasteiger charge is -2.17. The van der Waals surface area contributed by atoms with Crippen molar-refractivity contribution in [1.82, 2.24) is 14.7 Å². The summed E-state index contributed by atoms with van der Waals surface area (Å²) in [7, 11) is 0. The molecule has 0 fully saturated rings. The predicted molar refractivity (Wildman–Crippen MR) is 73.3 cm³/mol. The van der Waals surface area contributed by atoms with Gasteiger partial charge in [-0.1, -0.05) is 0 Å². The largest absolute Gasteiger partial charge is 0.337 e. The van der Waals surface area contributed by atoms with Gasteiger partial charge in [0.2, 0.25) is 5.91 Å². The van der Waals surface area contributed by atoms with Crippen molar-refractivity contribution in [3.8, 4) is 11.3 Å². The summed E-state index contributed by atoms with van der Waals surface area (Å²) in [5.41, 5.74) is 2.74. The van der Waals surface area contributed by atoms with Crippen LogP contribution in [0.1, 0.15) is 19.0 Å². The van der Waals surface area contributed by atoms with Crippen LogP contribution in [0.3, 0.4) is 0 Å². The van der Waals surface area contributed by atoms with Crippen molar-refractivity contribution < 1.29 is 9.18 Å². The number of rotatable bonds is 1. The van der Waals surface area contributed by atoms with Gasteiger partial charge in [0.05, 0.1) is 17.9 Å². The smallest absolute Gasteiger partial charge is 0.219 e. The molecule has 0 saturated carbocycles. The third-order valence-corrected chi connectivity index (χ3v) is 3.60. The summed E-state index contributed by atoms with van der Waals surface area (Å²) in [6.45, 7) is 3.75. The fourth-order valence-corrected chi connectivity index (χ4v) is 2.49. The van der Waals surface area contributed by atoms with E-state index in [1.54, 1.807) is 19.1 Å². The maximum atomic E-state index is 13.0. The average molecular weight is 273 g/mol. The molecule has 5 heteroatoms. The number of fused-ring (bicyclic) bond motifs is 1. The van der Waals surface area contributed by atoms with Crippen LogP contribution in [0.15, 0.2) is 30.3 Å². The molecule has 1 aromatic heterocycles. The van der Waals surface area contributed by atoms with Gasteiger partial charge in [0.15, 0.2) is 0 Å². The molecule has 0 spiro atoms. The molecular formula is C15H16FN3O. The third kappa shape index (κ3) is 2.43. The monoisotopic (exact) mass is 273 g/mol. The lowest BCUT2D eigenvalue weighted by Crippen LogP contribution is -2.28. The predicted octanol–water partition coefficient (Wildman–Crippen LogP) is 2.44. The molecule has 0 unspecified atom stereocenters. The van der Waals surface area contributed by atoms with E-state index in [0.717, 1.165) is 36.5 Å². The van der Waals surface area contributed by atoms with E-state index in [4.69, 9.17) is 0 Å². The van der Waals surface area contributed by atoms with Gasteiger partial charge in [0.1, 0.15) is 5.82 Å². The maximum Gasteiger partial charge on any atom is 0.219 e. The molecule has 4 nitrogen and oxygen atoms in total. The number of hydrogen-bond acceptors (Lipinski definition) is 2. The third-order valence-electron chi connectivity index (χ3n) is 3.60. The molecule has 3 rings (SSSR count). The summed E-state index contributed by atoms with van der Waals surface area (Å²) >= 11 is 0. The molecule has 0 saturated heterocycles. The Hall–Kier alpha value is -2.17. The van der Waals surface area contributed by atoms with Crippen LogP contribution < -0.4 is 0 Å². The quantitative estimate of drug-likeness (QED) is 0.800. The highest BCUT2D eigenvalue weighted by Gasteiger charge is 2.18. The Bertz CT molecular complexity index is 633. The first-order valence-electron chi connectivity index (χ1n) is 6.71. The zero-order chi connectivity index (χ0) is 14.1. The van der Waals surface area contributed by atoms with Gasteiger partial charge in [-0.25, -0.2) is 4.39 Å². The Morgan fingerprint density at radius 2 is 2.00 bits per heavy atom. The Balaban J connectivity index is 1.92. The molecule has 1 aliphatic heterocycles. The fourth-order valence-electron chi connectivity index (χ4n) is 2.49. The van der Waals surface area contributed by atoms with Crippen LogP contribution in [0.4, 0.5) is 4.39 Å². The van der Waals surface area contributed by atoms with E-state index in [1.807, 2.05) is 15.6 Å². The number of halogens is 1. The second-order valence-electron chi connectivity index (χ2n) is 5.05. The molecule has 0 atom stereocenters. The summed E-state index contributed by atoms with van der Waals surface area (Å²) in [4.78, 5) is 13.4. The highest BCUT2D eigenvalue weighted by Crippen LogP contribution is 2.22. The minimum absolute atomic E-state index is 0.0861. The van der Waals surface area contributed by atoms with Gasteiger partial charge in [-0.3, -0.25) is 9.48 Å². The zero-order valence-electron chi connectivity index (χ0n) is 11.3. The maximum absolute atomic E-state index is 13.0. The van der Waals surface area contributed by atoms with E-state index in [1.165, 1.54) is 12.1 Å². The van der Waals surface area contributed by atoms with Gasteiger partial charge in [-0.05, 0) is 36.8 Å². The van der Waals surface area contributed by atoms with E-state index < -0.39 is 0 Å². The Kier molecular flexibility index (Phi) is 3.26. The van der Waals surface area contributed by atoms with Crippen LogP contribution in [-0.2, 0) is 17.9 Å². The van der Waals surface area contributed by atoms with Crippen LogP contribution in [0.5, 0.6) is 0 Å². The molecule has 0 N–H and O–H groups in total. The van der Waals surface area contributed by atoms with E-state index in [-0.39, 0.29) is 11.7 Å². The van der Waals surface area contributed by atoms with Gasteiger partial charge < -0.3 is 4.90 Å². The molecular weight excluding hydrogens is 257 g/mol. The fraction of sp³-hybridized carbons (Fsp3) is 0.333. The number of benzene rings is 1. The number of amides is 1. The van der Waals surface area contributed by atoms with Gasteiger partial charge in [-0.2, -0.15) is 5.10 Å². The van der Waals surface area contributed by atoms with Crippen molar-refractivity contribution >= 4 is 5.91 Å². The lowest BCUT2D eigenvalue weighted by atomic mass is 10.1. The summed E-state index contributed by atoms with van der Waals surface area (Å²) in [6.07, 6.45) is 0.900. The number of nitrogens with zero attached hydrogens (tertiary/aromatic N) is 3. The zero-order valence-corrected chi connectivity index (χ0v) is 11.3. The molecule has 2 aromatic rings. The highest BCUT2D eigenvalue weighted by atomic mass is 19.1. The van der Waals surface area contributed by atoms with Crippen LogP contribution in [0, 0.1) is 5.82 Å². The molecule has 2 heterocycles. The topological polar surface area (TPSA) is 38.1 Å². The molecule has 1 aliphatic rings. The lowest BCUT2D eigenvalue weighted by molar-refractivity contribution is -0.129. The molecule has 1 amide bonds. The van der Waals surface area contributed by atoms with E-state index >= 15 is 0 Å². The molecule has 104 valence electrons. The van der Waals surface area contributed by atoms with E-state index in [0.29, 0.717) is 6.54 Å². The molecule has 0 radical (unpaired) electrons. The molecule has 0 bridgehead atoms. The average Bonchev–Trinajstić information content (AvgIpc) is 2.71. The summed E-state index contributed by atoms with van der Waals surface area (Å²) in [6, 6.07) is 8.29. The molecule has 1 aromatic carbocycles. The van der Waals surface area contributed by atoms with Crippen LogP contribution in [0.25, 0.3) is 11.3 Å². The number of carbonyl (C=O) groups excluding carboxylic acids is 1. The Morgan fingerprint density at radius 1 is 1.25 bits per heavy atom. The number of carbonyl (C=O) groups is 1. The van der Waals surface area contributed by atoms with Crippen molar-refractivity contribution in [3.63, 3.8) is 0 Å². The Morgan fingerprint density at radius 3 is 2.70 bits per heavy atom. The number of aryl methyl sites for hydroxylation is 1. The van der Waals surface area contributed by atoms with Gasteiger partial charge in [0, 0.05) is 25.6 Å². The van der Waals surface area contributed by atoms with Crippen molar-refractivity contribution in [1.29, 1.82) is 0 Å². The van der Waals surface area contributed by atoms with E-state index in [9.17, 15) is 9.18 Å². The second kappa shape index (κ2) is 5.07. The highest BCUT2D eigenvalue weighted by molar-refractivity contribution is 5.73. The van der Waals surface area contributed by atoms with Gasteiger partial charge in [0.25, 0.3) is 0 Å². The SMILES string of the molecule is CC(=O)N1CCCn2nc(-c3ccc(F)cc3)cc2C1. The van der Waals surface area contributed by atoms with Crippen LogP contribution >= 0.6 is 0 Å². The minimum atomic E-state index is -0.253. The van der Waals surface area contributed by atoms with Crippen LogP contribution in [0.2, 0.25) is 0 Å². The second-order valence-corrected chi connectivity index (χ2v) is 5.05. The first kappa shape index (κ1) is 12.8. The molecule has 0 aliphatic carbocycles. The number of hydrogen-bond donors (Lipinski definition) is 0. The van der Waals surface area contributed by atoms with Crippen molar-refractivity contribution in [2.75, 3.05) is 6.54 Å². The standard InChI is InChI=1S/C15H16FN3O/c1-11(20)18-7-2-8-19-14(10-18)9-15(17-19)12-3-5-13(16)6-4-12/h3-6,9H,2,7-8,10H2,1H3. The molecule has 20 heavy (non-hydrogen) atoms. The first-order valence-corrected chi connectivity index (χ1v) is 6.71. The normalized spacial score (nSPS) is 14.8. The van der Waals surface area contributed by atoms with Crippen molar-refractivity contribution in [2.45, 2.75) is 26.4 Å². The summed E-state index contributed by atoms with van der Waals surface area (Å²) in [5, 5.41) is 4.56. The first-order chi connectivity index (χ1) is 9.63. The van der Waals surface area contributed by atoms with Crippen LogP contribution in [-0.4, -0.2) is 27.1 Å². The van der Waals surface area contributed by atoms with Crippen molar-refractivity contribution in [3.05, 3.63) is 41.8 Å². The van der Waals surface area contributed by atoms with Gasteiger partial charge >= 0.3 is 0 Å². The number of aromatic nitrogens is 2.